The van der Waals surface area contributed by atoms with Crippen molar-refractivity contribution in [2.24, 2.45) is 0 Å². The molecule has 0 atom stereocenters. The number of hydrogen-bond donors (Lipinski definition) is 0. The fraction of sp³-hybridized carbons (Fsp3) is 0.0333. The lowest BCUT2D eigenvalue weighted by molar-refractivity contribution is 0.897. The molecule has 0 N–H and O–H groups in total. The topological polar surface area (TPSA) is 22.8 Å². The fourth-order valence-electron chi connectivity index (χ4n) is 5.31. The minimum absolute atomic E-state index is 0.809. The second-order valence-corrected chi connectivity index (χ2v) is 8.58. The number of allylic oxidation sites excluding steroid dienone is 5. The van der Waals surface area contributed by atoms with Crippen molar-refractivity contribution < 1.29 is 0 Å². The van der Waals surface area contributed by atoms with Gasteiger partial charge in [0.2, 0.25) is 0 Å². The summed E-state index contributed by atoms with van der Waals surface area (Å²) in [6.45, 7) is 5.11. The average Bonchev–Trinajstić information content (AvgIpc) is 3.38. The van der Waals surface area contributed by atoms with Gasteiger partial charge >= 0.3 is 0 Å². The van der Waals surface area contributed by atoms with Gasteiger partial charge in [0.25, 0.3) is 0 Å². The van der Waals surface area contributed by atoms with Gasteiger partial charge < -0.3 is 9.13 Å². The zero-order valence-electron chi connectivity index (χ0n) is 18.1. The molecule has 0 unspecified atom stereocenters. The van der Waals surface area contributed by atoms with Gasteiger partial charge in [0.05, 0.1) is 16.6 Å². The first kappa shape index (κ1) is 18.2. The Morgan fingerprint density at radius 1 is 0.727 bits per heavy atom. The van der Waals surface area contributed by atoms with Gasteiger partial charge in [0.1, 0.15) is 0 Å². The molecule has 0 saturated heterocycles. The Morgan fingerprint density at radius 3 is 2.27 bits per heavy atom. The van der Waals surface area contributed by atoms with Crippen LogP contribution in [0.1, 0.15) is 5.56 Å². The number of rotatable bonds is 1. The molecule has 6 aromatic rings. The summed E-state index contributed by atoms with van der Waals surface area (Å²) < 4.78 is 4.75. The molecule has 0 spiro atoms. The number of nitrogens with zero attached hydrogens (tertiary/aromatic N) is 3. The lowest BCUT2D eigenvalue weighted by Gasteiger charge is -2.09. The van der Waals surface area contributed by atoms with Crippen molar-refractivity contribution >= 4 is 49.2 Å². The van der Waals surface area contributed by atoms with Crippen LogP contribution in [0.4, 0.5) is 0 Å². The summed E-state index contributed by atoms with van der Waals surface area (Å²) in [7, 11) is 0. The Morgan fingerprint density at radius 2 is 1.48 bits per heavy atom. The van der Waals surface area contributed by atoms with Gasteiger partial charge in [-0.15, -0.1) is 0 Å². The minimum atomic E-state index is 0.809. The van der Waals surface area contributed by atoms with Crippen LogP contribution in [0.25, 0.3) is 54.9 Å². The summed E-state index contributed by atoms with van der Waals surface area (Å²) in [4.78, 5) is 4.59. The van der Waals surface area contributed by atoms with Gasteiger partial charge in [-0.2, -0.15) is 0 Å². The van der Waals surface area contributed by atoms with Crippen molar-refractivity contribution in [1.29, 1.82) is 0 Å². The molecule has 4 heterocycles. The van der Waals surface area contributed by atoms with Crippen molar-refractivity contribution in [1.82, 2.24) is 14.1 Å². The molecular formula is C30H21N3. The highest BCUT2D eigenvalue weighted by Crippen LogP contribution is 2.37. The first-order valence-electron chi connectivity index (χ1n) is 11.2. The van der Waals surface area contributed by atoms with E-state index < -0.39 is 0 Å². The van der Waals surface area contributed by atoms with Crippen LogP contribution < -0.4 is 0 Å². The summed E-state index contributed by atoms with van der Waals surface area (Å²) in [5, 5.41) is 4.92. The van der Waals surface area contributed by atoms with E-state index in [0.29, 0.717) is 0 Å². The van der Waals surface area contributed by atoms with Crippen LogP contribution in [0.5, 0.6) is 0 Å². The van der Waals surface area contributed by atoms with E-state index in [1.54, 1.807) is 0 Å². The van der Waals surface area contributed by atoms with Crippen molar-refractivity contribution in [2.45, 2.75) is 6.54 Å². The number of aromatic nitrogens is 3. The van der Waals surface area contributed by atoms with Gasteiger partial charge in [-0.3, -0.25) is 4.98 Å². The molecule has 0 bridgehead atoms. The van der Waals surface area contributed by atoms with Crippen LogP contribution in [-0.2, 0) is 6.54 Å². The van der Waals surface area contributed by atoms with E-state index >= 15 is 0 Å². The standard InChI is InChI=1S/C30H21N3/c1-20-9-3-2-8-16-32-27-15-14-21(17-24(27)26-19-31-18-25(20)30(26)32)33-28-12-6-4-10-22(28)23-11-5-7-13-29(23)33/h2-15,17-19H,1,16H2/b8-2-,9-3-. The van der Waals surface area contributed by atoms with Crippen molar-refractivity contribution in [2.75, 3.05) is 0 Å². The number of fused-ring (bicyclic) bond motifs is 6. The maximum atomic E-state index is 4.59. The maximum absolute atomic E-state index is 4.59. The molecule has 156 valence electrons. The lowest BCUT2D eigenvalue weighted by Crippen LogP contribution is -1.98. The average molecular weight is 424 g/mol. The molecule has 1 aliphatic rings. The SMILES string of the molecule is C=C1/C=C\C=C/Cn2c3ccc(-n4c5ccccc5c5ccccc54)cc3c3cncc1c32. The number of benzene rings is 3. The van der Waals surface area contributed by atoms with E-state index in [2.05, 4.69) is 112 Å². The summed E-state index contributed by atoms with van der Waals surface area (Å²) in [6, 6.07) is 24.1. The third kappa shape index (κ3) is 2.53. The highest BCUT2D eigenvalue weighted by Gasteiger charge is 2.17. The van der Waals surface area contributed by atoms with E-state index in [9.17, 15) is 0 Å². The maximum Gasteiger partial charge on any atom is 0.0605 e. The fourth-order valence-corrected chi connectivity index (χ4v) is 5.31. The van der Waals surface area contributed by atoms with Crippen molar-refractivity contribution in [3.63, 3.8) is 0 Å². The quantitative estimate of drug-likeness (QED) is 0.270. The van der Waals surface area contributed by atoms with E-state index in [1.807, 2.05) is 12.4 Å². The van der Waals surface area contributed by atoms with Gasteiger partial charge in [-0.25, -0.2) is 0 Å². The highest BCUT2D eigenvalue weighted by atomic mass is 15.0. The van der Waals surface area contributed by atoms with Crippen LogP contribution in [0.2, 0.25) is 0 Å². The van der Waals surface area contributed by atoms with Gasteiger partial charge in [-0.1, -0.05) is 67.3 Å². The molecule has 3 nitrogen and oxygen atoms in total. The number of hydrogen-bond acceptors (Lipinski definition) is 1. The zero-order valence-corrected chi connectivity index (χ0v) is 18.1. The Bertz CT molecular complexity index is 1750. The first-order valence-corrected chi connectivity index (χ1v) is 11.2. The Balaban J connectivity index is 1.59. The Labute approximate surface area is 191 Å². The Hall–Kier alpha value is -4.37. The third-order valence-corrected chi connectivity index (χ3v) is 6.77. The van der Waals surface area contributed by atoms with Gasteiger partial charge in [0.15, 0.2) is 0 Å². The largest absolute Gasteiger partial charge is 0.336 e. The molecule has 3 aromatic carbocycles. The van der Waals surface area contributed by atoms with E-state index in [1.165, 1.54) is 38.2 Å². The molecule has 1 aliphatic heterocycles. The first-order chi connectivity index (χ1) is 16.3. The molecule has 0 aliphatic carbocycles. The zero-order chi connectivity index (χ0) is 21.9. The van der Waals surface area contributed by atoms with Crippen LogP contribution in [0, 0.1) is 0 Å². The predicted molar refractivity (Wildman–Crippen MR) is 139 cm³/mol. The molecule has 3 aromatic heterocycles. The highest BCUT2D eigenvalue weighted by molar-refractivity contribution is 6.13. The second-order valence-electron chi connectivity index (χ2n) is 8.58. The monoisotopic (exact) mass is 423 g/mol. The minimum Gasteiger partial charge on any atom is -0.336 e. The van der Waals surface area contributed by atoms with Crippen LogP contribution in [0.15, 0.2) is 110 Å². The molecule has 0 fully saturated rings. The normalized spacial score (nSPS) is 15.7. The van der Waals surface area contributed by atoms with E-state index in [4.69, 9.17) is 0 Å². The van der Waals surface area contributed by atoms with Crippen molar-refractivity contribution in [3.05, 3.63) is 116 Å². The number of para-hydroxylation sites is 2. The van der Waals surface area contributed by atoms with Crippen LogP contribution in [-0.4, -0.2) is 14.1 Å². The summed E-state index contributed by atoms with van der Waals surface area (Å²) in [5.41, 5.74) is 8.07. The second kappa shape index (κ2) is 6.81. The van der Waals surface area contributed by atoms with Crippen LogP contribution >= 0.6 is 0 Å². The Kier molecular flexibility index (Phi) is 3.76. The third-order valence-electron chi connectivity index (χ3n) is 6.77. The van der Waals surface area contributed by atoms with E-state index in [-0.39, 0.29) is 0 Å². The molecular weight excluding hydrogens is 402 g/mol. The lowest BCUT2D eigenvalue weighted by atomic mass is 10.1. The van der Waals surface area contributed by atoms with Gasteiger partial charge in [-0.05, 0) is 35.9 Å². The van der Waals surface area contributed by atoms with Crippen molar-refractivity contribution in [3.8, 4) is 5.69 Å². The van der Waals surface area contributed by atoms with Crippen LogP contribution in [0.3, 0.4) is 0 Å². The molecule has 0 amide bonds. The van der Waals surface area contributed by atoms with Gasteiger partial charge in [0, 0.05) is 57.3 Å². The summed E-state index contributed by atoms with van der Waals surface area (Å²) >= 11 is 0. The summed E-state index contributed by atoms with van der Waals surface area (Å²) in [5.74, 6) is 0. The van der Waals surface area contributed by atoms with E-state index in [0.717, 1.165) is 28.8 Å². The molecule has 33 heavy (non-hydrogen) atoms. The summed E-state index contributed by atoms with van der Waals surface area (Å²) in [6.07, 6.45) is 12.3. The number of pyridine rings is 1. The molecule has 7 rings (SSSR count). The predicted octanol–water partition coefficient (Wildman–Crippen LogP) is 7.43. The molecule has 0 saturated carbocycles. The molecule has 3 heteroatoms. The molecule has 0 radical (unpaired) electrons. The smallest absolute Gasteiger partial charge is 0.0605 e.